The van der Waals surface area contributed by atoms with Crippen LogP contribution in [0.1, 0.15) is 135 Å². The molecule has 3 fully saturated rings. The van der Waals surface area contributed by atoms with Crippen LogP contribution in [0.25, 0.3) is 0 Å². The lowest BCUT2D eigenvalue weighted by atomic mass is 9.72. The SMILES string of the molecule is CO[C@H]1OCCN2[C@@H]1O[C@@H]1[C@H](C)O[C@@H](O[C@H]3C[C@](O)(C(C)=O)Cc4c(O)c5c(c(O)c43)C(=O)c3c(cccc3N(C(=O)[C@H](CCCNC(N)=O)NC(=O)[C@@H](NC(=O)CCCCCN3C(=O)C=CC3=O)C(C)C)[C@@H](C)C(N)=O)C5=O)C[C@@H]12. The molecule has 26 nitrogen and oxygen atoms in total. The Labute approximate surface area is 466 Å². The predicted molar refractivity (Wildman–Crippen MR) is 282 cm³/mol. The zero-order chi connectivity index (χ0) is 58.9. The molecule has 81 heavy (non-hydrogen) atoms. The predicted octanol–water partition coefficient (Wildman–Crippen LogP) is 0.497. The van der Waals surface area contributed by atoms with Crippen molar-refractivity contribution in [3.8, 4) is 11.5 Å². The molecule has 4 aliphatic heterocycles. The maximum Gasteiger partial charge on any atom is 0.312 e. The van der Waals surface area contributed by atoms with E-state index in [9.17, 15) is 53.7 Å². The van der Waals surface area contributed by atoms with E-state index in [1.807, 2.05) is 0 Å². The first-order valence-corrected chi connectivity index (χ1v) is 27.1. The third kappa shape index (κ3) is 11.9. The maximum atomic E-state index is 15.3. The van der Waals surface area contributed by atoms with Crippen LogP contribution in [0.2, 0.25) is 0 Å². The van der Waals surface area contributed by atoms with Crippen molar-refractivity contribution in [3.05, 3.63) is 63.7 Å². The van der Waals surface area contributed by atoms with Crippen molar-refractivity contribution in [2.45, 2.75) is 159 Å². The van der Waals surface area contributed by atoms with Crippen molar-refractivity contribution >= 4 is 64.5 Å². The average Bonchev–Trinajstić information content (AvgIpc) is 3.97. The number of rotatable bonds is 22. The van der Waals surface area contributed by atoms with E-state index in [0.29, 0.717) is 32.4 Å². The Morgan fingerprint density at radius 3 is 2.27 bits per heavy atom. The summed E-state index contributed by atoms with van der Waals surface area (Å²) in [4.78, 5) is 139. The number of carbonyl (C=O) groups is 10. The lowest BCUT2D eigenvalue weighted by molar-refractivity contribution is -0.256. The van der Waals surface area contributed by atoms with Gasteiger partial charge in [-0.25, -0.2) is 4.79 Å². The number of phenolic OH excluding ortho intramolecular Hbond substituents is 2. The van der Waals surface area contributed by atoms with Gasteiger partial charge >= 0.3 is 6.03 Å². The van der Waals surface area contributed by atoms with E-state index in [4.69, 9.17) is 35.2 Å². The smallest absolute Gasteiger partial charge is 0.312 e. The van der Waals surface area contributed by atoms with Crippen LogP contribution < -0.4 is 32.3 Å². The summed E-state index contributed by atoms with van der Waals surface area (Å²) in [5.41, 5.74) is 5.88. The summed E-state index contributed by atoms with van der Waals surface area (Å²) in [7, 11) is 1.50. The fraction of sp³-hybridized carbons (Fsp3) is 0.564. The number of primary amides is 2. The van der Waals surface area contributed by atoms with Gasteiger partial charge in [-0.2, -0.15) is 0 Å². The number of benzene rings is 2. The lowest BCUT2D eigenvalue weighted by Gasteiger charge is -2.43. The summed E-state index contributed by atoms with van der Waals surface area (Å²) < 4.78 is 30.5. The molecule has 6 aliphatic rings. The number of nitrogens with zero attached hydrogens (tertiary/aromatic N) is 3. The highest BCUT2D eigenvalue weighted by Gasteiger charge is 2.55. The number of hydrogen-bond donors (Lipinski definition) is 8. The monoisotopic (exact) mass is 1130 g/mol. The van der Waals surface area contributed by atoms with Gasteiger partial charge in [-0.15, -0.1) is 0 Å². The zero-order valence-corrected chi connectivity index (χ0v) is 45.9. The van der Waals surface area contributed by atoms with Gasteiger partial charge in [0.25, 0.3) is 11.8 Å². The number of phenols is 2. The zero-order valence-electron chi connectivity index (χ0n) is 45.9. The summed E-state index contributed by atoms with van der Waals surface area (Å²) >= 11 is 0. The number of anilines is 1. The molecule has 8 rings (SSSR count). The Kier molecular flexibility index (Phi) is 18.1. The molecule has 0 spiro atoms. The van der Waals surface area contributed by atoms with Crippen molar-refractivity contribution in [1.29, 1.82) is 0 Å². The van der Waals surface area contributed by atoms with Gasteiger partial charge in [-0.1, -0.05) is 32.4 Å². The number of carbonyl (C=O) groups excluding carboxylic acids is 10. The molecule has 11 atom stereocenters. The topological polar surface area (TPSA) is 375 Å². The number of urea groups is 1. The van der Waals surface area contributed by atoms with Crippen LogP contribution in [0.5, 0.6) is 11.5 Å². The van der Waals surface area contributed by atoms with E-state index in [2.05, 4.69) is 20.9 Å². The quantitative estimate of drug-likeness (QED) is 0.0386. The van der Waals surface area contributed by atoms with E-state index in [0.717, 1.165) is 16.7 Å². The number of aliphatic hydroxyl groups is 1. The number of Topliss-reactive ketones (excluding diaryl/α,β-unsaturated/α-hetero) is 1. The van der Waals surface area contributed by atoms with Crippen LogP contribution in [-0.4, -0.2) is 178 Å². The Morgan fingerprint density at radius 1 is 0.914 bits per heavy atom. The Bertz CT molecular complexity index is 2910. The second-order valence-electron chi connectivity index (χ2n) is 21.6. The second kappa shape index (κ2) is 24.5. The Hall–Kier alpha value is -7.20. The number of nitrogens with one attached hydrogen (secondary N) is 3. The van der Waals surface area contributed by atoms with E-state index in [1.54, 1.807) is 20.8 Å². The van der Waals surface area contributed by atoms with Crippen LogP contribution in [-0.2, 0) is 63.7 Å². The fourth-order valence-electron chi connectivity index (χ4n) is 11.7. The minimum atomic E-state index is -2.20. The molecule has 3 saturated heterocycles. The van der Waals surface area contributed by atoms with Gasteiger partial charge in [-0.05, 0) is 58.4 Å². The number of nitrogens with two attached hydrogens (primary N) is 2. The largest absolute Gasteiger partial charge is 0.507 e. The first-order chi connectivity index (χ1) is 38.4. The molecule has 2 aromatic carbocycles. The number of hydrogen-bond acceptors (Lipinski definition) is 19. The molecule has 0 aromatic heterocycles. The van der Waals surface area contributed by atoms with Crippen LogP contribution in [0.15, 0.2) is 30.4 Å². The summed E-state index contributed by atoms with van der Waals surface area (Å²) in [6, 6.07) is -1.82. The third-order valence-corrected chi connectivity index (χ3v) is 16.0. The number of morpholine rings is 1. The maximum absolute atomic E-state index is 15.3. The summed E-state index contributed by atoms with van der Waals surface area (Å²) in [5.74, 6) is -9.37. The lowest BCUT2D eigenvalue weighted by Crippen LogP contribution is -2.58. The molecular weight excluding hydrogens is 1060 g/mol. The summed E-state index contributed by atoms with van der Waals surface area (Å²) in [5, 5.41) is 44.3. The molecule has 26 heteroatoms. The Balaban J connectivity index is 1.10. The van der Waals surface area contributed by atoms with Crippen LogP contribution in [0.4, 0.5) is 10.5 Å². The van der Waals surface area contributed by atoms with Crippen LogP contribution >= 0.6 is 0 Å². The van der Waals surface area contributed by atoms with Crippen molar-refractivity contribution < 1.29 is 86.9 Å². The highest BCUT2D eigenvalue weighted by atomic mass is 16.7. The first-order valence-electron chi connectivity index (χ1n) is 27.1. The van der Waals surface area contributed by atoms with Gasteiger partial charge in [0.15, 0.2) is 30.4 Å². The first kappa shape index (κ1) is 59.9. The summed E-state index contributed by atoms with van der Waals surface area (Å²) in [6.45, 7) is 8.38. The Morgan fingerprint density at radius 2 is 1.62 bits per heavy atom. The van der Waals surface area contributed by atoms with E-state index >= 15 is 9.59 Å². The molecule has 10 N–H and O–H groups in total. The van der Waals surface area contributed by atoms with Gasteiger partial charge in [0.05, 0.1) is 41.2 Å². The molecule has 8 amide bonds. The number of imide groups is 1. The number of ether oxygens (including phenoxy) is 5. The van der Waals surface area contributed by atoms with Crippen LogP contribution in [0, 0.1) is 5.92 Å². The van der Waals surface area contributed by atoms with Crippen molar-refractivity contribution in [3.63, 3.8) is 0 Å². The van der Waals surface area contributed by atoms with Crippen molar-refractivity contribution in [2.75, 3.05) is 38.3 Å². The van der Waals surface area contributed by atoms with Gasteiger partial charge < -0.3 is 66.4 Å². The fourth-order valence-corrected chi connectivity index (χ4v) is 11.7. The molecule has 2 aliphatic carbocycles. The molecule has 0 unspecified atom stereocenters. The number of amides is 8. The van der Waals surface area contributed by atoms with E-state index < -0.39 is 172 Å². The van der Waals surface area contributed by atoms with Gasteiger partial charge in [0.2, 0.25) is 29.4 Å². The molecule has 4 heterocycles. The second-order valence-corrected chi connectivity index (χ2v) is 21.6. The normalized spacial score (nSPS) is 25.9. The molecule has 0 radical (unpaired) electrons. The van der Waals surface area contributed by atoms with Crippen LogP contribution in [0.3, 0.4) is 0 Å². The molecule has 2 aromatic rings. The molecular formula is C55H70N8O18. The van der Waals surface area contributed by atoms with E-state index in [1.165, 1.54) is 44.4 Å². The number of unbranched alkanes of at least 4 members (excludes halogenated alkanes) is 2. The number of methoxy groups -OCH3 is 1. The van der Waals surface area contributed by atoms with Gasteiger partial charge in [0.1, 0.15) is 41.3 Å². The molecule has 438 valence electrons. The minimum absolute atomic E-state index is 0.00158. The molecule has 0 saturated carbocycles. The number of ketones is 3. The van der Waals surface area contributed by atoms with Gasteiger partial charge in [0, 0.05) is 87.3 Å². The third-order valence-electron chi connectivity index (χ3n) is 16.0. The highest BCUT2D eigenvalue weighted by Crippen LogP contribution is 2.53. The number of aromatic hydroxyl groups is 2. The average molecular weight is 1130 g/mol. The molecule has 0 bridgehead atoms. The van der Waals surface area contributed by atoms with E-state index in [-0.39, 0.29) is 61.6 Å². The number of fused-ring (bicyclic) bond motifs is 6. The summed E-state index contributed by atoms with van der Waals surface area (Å²) in [6.07, 6.45) is -2.35. The van der Waals surface area contributed by atoms with Gasteiger partial charge in [-0.3, -0.25) is 57.9 Å². The highest BCUT2D eigenvalue weighted by molar-refractivity contribution is 6.33. The van der Waals surface area contributed by atoms with Crippen molar-refractivity contribution in [1.82, 2.24) is 25.8 Å². The standard InChI is InChI=1S/C55H70N8O18/c1-25(2)43(60-35(65)15-8-7-9-19-62-36(66)16-17-37(62)67)50(73)59-31(13-11-18-58-54(57)75)51(74)63(26(3)49(56)72)32-14-10-12-29-39(32)46(70)42-41(44(29)68)45(69)30-23-55(76,28(5)64)24-34(40(30)47(42)71)80-38-22-33-48(27(4)79-38)81-52-53(77-6)78-21-20-61(33)52/h10,12,14,16-17,25-27,31,33-34,38,43,48,52-53,69,71,76H,7-9,11,13,15,18-24H2,1-6H3,(H2,56,72)(H,59,73)(H,60,65)(H3,57,58,75)/t26-,27-,31-,33-,34-,38-,43-,48+,52+,53-,55-/m0/s1. The van der Waals surface area contributed by atoms with Crippen molar-refractivity contribution in [2.24, 2.45) is 17.4 Å². The minimum Gasteiger partial charge on any atom is -0.507 e.